The lowest BCUT2D eigenvalue weighted by atomic mass is 10.00. The molecular formula is C15H15ClO2. The minimum atomic E-state index is -0.719. The third-order valence-corrected chi connectivity index (χ3v) is 3.22. The van der Waals surface area contributed by atoms with E-state index >= 15 is 0 Å². The summed E-state index contributed by atoms with van der Waals surface area (Å²) in [5.41, 5.74) is 2.59. The Morgan fingerprint density at radius 3 is 2.39 bits per heavy atom. The van der Waals surface area contributed by atoms with Gasteiger partial charge in [-0.25, -0.2) is 0 Å². The molecular weight excluding hydrogens is 248 g/mol. The van der Waals surface area contributed by atoms with Crippen LogP contribution in [-0.4, -0.2) is 12.2 Å². The fourth-order valence-electron chi connectivity index (χ4n) is 1.84. The first-order valence-corrected chi connectivity index (χ1v) is 6.07. The zero-order valence-electron chi connectivity index (χ0n) is 10.4. The average Bonchev–Trinajstić information content (AvgIpc) is 2.41. The Hall–Kier alpha value is -1.51. The summed E-state index contributed by atoms with van der Waals surface area (Å²) in [5.74, 6) is 0.765. The zero-order chi connectivity index (χ0) is 13.1. The molecule has 0 aromatic heterocycles. The highest BCUT2D eigenvalue weighted by Crippen LogP contribution is 2.29. The Kier molecular flexibility index (Phi) is 3.90. The highest BCUT2D eigenvalue weighted by Gasteiger charge is 2.14. The molecule has 1 atom stereocenters. The van der Waals surface area contributed by atoms with Crippen LogP contribution in [0.2, 0.25) is 5.02 Å². The number of halogens is 1. The second-order valence-electron chi connectivity index (χ2n) is 4.20. The van der Waals surface area contributed by atoms with E-state index < -0.39 is 6.10 Å². The highest BCUT2D eigenvalue weighted by molar-refractivity contribution is 6.31. The Morgan fingerprint density at radius 1 is 1.11 bits per heavy atom. The number of hydrogen-bond acceptors (Lipinski definition) is 2. The molecule has 18 heavy (non-hydrogen) atoms. The molecule has 1 unspecified atom stereocenters. The molecule has 1 N–H and O–H groups in total. The second-order valence-corrected chi connectivity index (χ2v) is 4.61. The van der Waals surface area contributed by atoms with Gasteiger partial charge in [0.05, 0.1) is 7.11 Å². The predicted molar refractivity (Wildman–Crippen MR) is 73.2 cm³/mol. The highest BCUT2D eigenvalue weighted by atomic mass is 35.5. The molecule has 3 heteroatoms. The van der Waals surface area contributed by atoms with Crippen LogP contribution in [0, 0.1) is 6.92 Å². The van der Waals surface area contributed by atoms with Crippen molar-refractivity contribution in [2.75, 3.05) is 7.11 Å². The number of benzene rings is 2. The first-order chi connectivity index (χ1) is 8.61. The van der Waals surface area contributed by atoms with E-state index in [0.29, 0.717) is 5.02 Å². The number of ether oxygens (including phenoxy) is 1. The normalized spacial score (nSPS) is 12.2. The van der Waals surface area contributed by atoms with Gasteiger partial charge in [0.15, 0.2) is 0 Å². The number of aliphatic hydroxyl groups excluding tert-OH is 1. The van der Waals surface area contributed by atoms with E-state index in [0.717, 1.165) is 22.4 Å². The lowest BCUT2D eigenvalue weighted by molar-refractivity contribution is 0.220. The van der Waals surface area contributed by atoms with E-state index in [4.69, 9.17) is 16.3 Å². The third kappa shape index (κ3) is 2.66. The van der Waals surface area contributed by atoms with Gasteiger partial charge in [-0.1, -0.05) is 41.4 Å². The van der Waals surface area contributed by atoms with Gasteiger partial charge in [-0.15, -0.1) is 0 Å². The van der Waals surface area contributed by atoms with Crippen molar-refractivity contribution in [2.24, 2.45) is 0 Å². The molecule has 94 valence electrons. The molecule has 0 amide bonds. The van der Waals surface area contributed by atoms with Crippen LogP contribution >= 0.6 is 11.6 Å². The molecule has 0 radical (unpaired) electrons. The van der Waals surface area contributed by atoms with E-state index in [2.05, 4.69) is 0 Å². The topological polar surface area (TPSA) is 29.5 Å². The second kappa shape index (κ2) is 5.42. The van der Waals surface area contributed by atoms with Crippen LogP contribution in [0.15, 0.2) is 42.5 Å². The van der Waals surface area contributed by atoms with E-state index in [9.17, 15) is 5.11 Å². The number of methoxy groups -OCH3 is 1. The SMILES string of the molecule is COc1ccc(C(O)c2cc(C)ccc2Cl)cc1. The molecule has 0 heterocycles. The molecule has 0 fully saturated rings. The molecule has 0 aliphatic heterocycles. The molecule has 0 saturated heterocycles. The van der Waals surface area contributed by atoms with Gasteiger partial charge in [-0.2, -0.15) is 0 Å². The van der Waals surface area contributed by atoms with Crippen molar-refractivity contribution >= 4 is 11.6 Å². The number of aliphatic hydroxyl groups is 1. The first-order valence-electron chi connectivity index (χ1n) is 5.70. The Balaban J connectivity index is 2.34. The molecule has 2 aromatic rings. The zero-order valence-corrected chi connectivity index (χ0v) is 11.1. The van der Waals surface area contributed by atoms with Gasteiger partial charge in [0.2, 0.25) is 0 Å². The molecule has 2 nitrogen and oxygen atoms in total. The summed E-state index contributed by atoms with van der Waals surface area (Å²) < 4.78 is 5.09. The molecule has 2 aromatic carbocycles. The summed E-state index contributed by atoms with van der Waals surface area (Å²) in [4.78, 5) is 0. The average molecular weight is 263 g/mol. The monoisotopic (exact) mass is 262 g/mol. The largest absolute Gasteiger partial charge is 0.497 e. The van der Waals surface area contributed by atoms with Crippen molar-refractivity contribution in [2.45, 2.75) is 13.0 Å². The van der Waals surface area contributed by atoms with Crippen LogP contribution < -0.4 is 4.74 Å². The fraction of sp³-hybridized carbons (Fsp3) is 0.200. The standard InChI is InChI=1S/C15H15ClO2/c1-10-3-8-14(16)13(9-10)15(17)11-4-6-12(18-2)7-5-11/h3-9,15,17H,1-2H3. The van der Waals surface area contributed by atoms with Crippen molar-refractivity contribution in [3.63, 3.8) is 0 Å². The molecule has 0 saturated carbocycles. The smallest absolute Gasteiger partial charge is 0.118 e. The maximum atomic E-state index is 10.3. The van der Waals surface area contributed by atoms with Gasteiger partial charge < -0.3 is 9.84 Å². The van der Waals surface area contributed by atoms with Gasteiger partial charge in [0, 0.05) is 10.6 Å². The van der Waals surface area contributed by atoms with E-state index in [1.165, 1.54) is 0 Å². The summed E-state index contributed by atoms with van der Waals surface area (Å²) in [6.07, 6.45) is -0.719. The number of rotatable bonds is 3. The molecule has 0 spiro atoms. The minimum Gasteiger partial charge on any atom is -0.497 e. The molecule has 2 rings (SSSR count). The fourth-order valence-corrected chi connectivity index (χ4v) is 2.06. The quantitative estimate of drug-likeness (QED) is 0.913. The summed E-state index contributed by atoms with van der Waals surface area (Å²) in [6.45, 7) is 1.97. The number of aryl methyl sites for hydroxylation is 1. The van der Waals surface area contributed by atoms with Gasteiger partial charge in [-0.3, -0.25) is 0 Å². The number of hydrogen-bond donors (Lipinski definition) is 1. The Bertz CT molecular complexity index is 535. The van der Waals surface area contributed by atoms with Gasteiger partial charge >= 0.3 is 0 Å². The van der Waals surface area contributed by atoms with E-state index in [1.54, 1.807) is 13.2 Å². The molecule has 0 aliphatic carbocycles. The van der Waals surface area contributed by atoms with Gasteiger partial charge in [0.25, 0.3) is 0 Å². The summed E-state index contributed by atoms with van der Waals surface area (Å²) in [5, 5.41) is 10.9. The van der Waals surface area contributed by atoms with Crippen molar-refractivity contribution in [3.05, 3.63) is 64.2 Å². The summed E-state index contributed by atoms with van der Waals surface area (Å²) in [6, 6.07) is 12.9. The van der Waals surface area contributed by atoms with Crippen LogP contribution in [0.3, 0.4) is 0 Å². The van der Waals surface area contributed by atoms with Crippen LogP contribution in [0.1, 0.15) is 22.8 Å². The molecule has 0 aliphatic rings. The van der Waals surface area contributed by atoms with Crippen LogP contribution in [0.25, 0.3) is 0 Å². The predicted octanol–water partition coefficient (Wildman–Crippen LogP) is 3.74. The van der Waals surface area contributed by atoms with Crippen molar-refractivity contribution < 1.29 is 9.84 Å². The van der Waals surface area contributed by atoms with Gasteiger partial charge in [-0.05, 0) is 30.7 Å². The lowest BCUT2D eigenvalue weighted by Gasteiger charge is -2.14. The van der Waals surface area contributed by atoms with Crippen LogP contribution in [0.4, 0.5) is 0 Å². The summed E-state index contributed by atoms with van der Waals surface area (Å²) in [7, 11) is 1.61. The Morgan fingerprint density at radius 2 is 1.78 bits per heavy atom. The van der Waals surface area contributed by atoms with E-state index in [-0.39, 0.29) is 0 Å². The third-order valence-electron chi connectivity index (χ3n) is 2.88. The minimum absolute atomic E-state index is 0.573. The van der Waals surface area contributed by atoms with Crippen LogP contribution in [0.5, 0.6) is 5.75 Å². The van der Waals surface area contributed by atoms with Crippen LogP contribution in [-0.2, 0) is 0 Å². The van der Waals surface area contributed by atoms with Crippen molar-refractivity contribution in [1.29, 1.82) is 0 Å². The van der Waals surface area contributed by atoms with Crippen molar-refractivity contribution in [1.82, 2.24) is 0 Å². The van der Waals surface area contributed by atoms with Crippen molar-refractivity contribution in [3.8, 4) is 5.75 Å². The Labute approximate surface area is 112 Å². The first kappa shape index (κ1) is 12.9. The lowest BCUT2D eigenvalue weighted by Crippen LogP contribution is -2.01. The maximum Gasteiger partial charge on any atom is 0.118 e. The maximum absolute atomic E-state index is 10.3. The van der Waals surface area contributed by atoms with Gasteiger partial charge in [0.1, 0.15) is 11.9 Å². The molecule has 0 bridgehead atoms. The van der Waals surface area contributed by atoms with E-state index in [1.807, 2.05) is 43.3 Å². The summed E-state index contributed by atoms with van der Waals surface area (Å²) >= 11 is 6.11.